The van der Waals surface area contributed by atoms with E-state index in [2.05, 4.69) is 57.8 Å². The second-order valence-corrected chi connectivity index (χ2v) is 14.6. The summed E-state index contributed by atoms with van der Waals surface area (Å²) in [5, 5.41) is 18.7. The number of likely N-dealkylation sites (tertiary alicyclic amines) is 2. The molecule has 4 aromatic rings. The number of carbonyl (C=O) groups excluding carboxylic acids is 1. The third kappa shape index (κ3) is 5.93. The lowest BCUT2D eigenvalue weighted by molar-refractivity contribution is -0.139. The van der Waals surface area contributed by atoms with Crippen molar-refractivity contribution in [3.8, 4) is 29.0 Å². The van der Waals surface area contributed by atoms with Gasteiger partial charge in [-0.25, -0.2) is 0 Å². The number of nitrogens with zero attached hydrogens (tertiary/aromatic N) is 7. The molecule has 1 spiro atoms. The van der Waals surface area contributed by atoms with E-state index in [1.54, 1.807) is 0 Å². The number of nitrogens with one attached hydrogen (secondary N) is 1. The van der Waals surface area contributed by atoms with Gasteiger partial charge in [-0.1, -0.05) is 12.6 Å². The van der Waals surface area contributed by atoms with Crippen molar-refractivity contribution in [1.29, 1.82) is 5.26 Å². The Bertz CT molecular complexity index is 1970. The highest BCUT2D eigenvalue weighted by Gasteiger charge is 2.46. The van der Waals surface area contributed by atoms with E-state index in [0.29, 0.717) is 25.0 Å². The number of ether oxygens (including phenoxy) is 2. The SMILES string of the molecule is C=CC(=O)N1CC2(CCN(c3nc(OC4CCN(CCC#N)CC4)nc4c(OCC)c(-c5c(C)ccc6[nH]ncc56)c(C5CC5)cc34)CC2)C1. The number of amides is 1. The average Bonchev–Trinajstić information content (AvgIpc) is 3.86. The summed E-state index contributed by atoms with van der Waals surface area (Å²) in [4.78, 5) is 29.3. The summed E-state index contributed by atoms with van der Waals surface area (Å²) in [5.41, 5.74) is 6.62. The number of nitriles is 1. The summed E-state index contributed by atoms with van der Waals surface area (Å²) in [6, 6.07) is 9.24. The molecule has 0 bridgehead atoms. The second kappa shape index (κ2) is 13.2. The summed E-state index contributed by atoms with van der Waals surface area (Å²) < 4.78 is 13.3. The molecular weight excluding hydrogens is 628 g/mol. The van der Waals surface area contributed by atoms with Crippen molar-refractivity contribution in [3.63, 3.8) is 0 Å². The van der Waals surface area contributed by atoms with Crippen LogP contribution in [-0.2, 0) is 4.79 Å². The van der Waals surface area contributed by atoms with Crippen LogP contribution >= 0.6 is 0 Å². The molecule has 260 valence electrons. The van der Waals surface area contributed by atoms with Gasteiger partial charge in [-0.2, -0.15) is 20.3 Å². The lowest BCUT2D eigenvalue weighted by Crippen LogP contribution is -2.61. The number of hydrogen-bond donors (Lipinski definition) is 1. The van der Waals surface area contributed by atoms with Crippen molar-refractivity contribution in [2.75, 3.05) is 57.3 Å². The average molecular weight is 675 g/mol. The number of piperidine rings is 2. The second-order valence-electron chi connectivity index (χ2n) is 14.6. The predicted octanol–water partition coefficient (Wildman–Crippen LogP) is 6.13. The van der Waals surface area contributed by atoms with Gasteiger partial charge in [0.05, 0.1) is 24.4 Å². The molecule has 4 fully saturated rings. The Morgan fingerprint density at radius 3 is 2.58 bits per heavy atom. The van der Waals surface area contributed by atoms with Gasteiger partial charge < -0.3 is 24.2 Å². The number of aryl methyl sites for hydroxylation is 1. The topological polar surface area (TPSA) is 124 Å². The Morgan fingerprint density at radius 1 is 1.10 bits per heavy atom. The van der Waals surface area contributed by atoms with Crippen LogP contribution in [0.4, 0.5) is 5.82 Å². The fourth-order valence-electron chi connectivity index (χ4n) is 8.40. The van der Waals surface area contributed by atoms with Gasteiger partial charge in [0.15, 0.2) is 5.75 Å². The van der Waals surface area contributed by atoms with Crippen LogP contribution in [0.5, 0.6) is 11.8 Å². The van der Waals surface area contributed by atoms with Gasteiger partial charge in [-0.15, -0.1) is 0 Å². The largest absolute Gasteiger partial charge is 0.491 e. The highest BCUT2D eigenvalue weighted by atomic mass is 16.5. The van der Waals surface area contributed by atoms with Crippen molar-refractivity contribution < 1.29 is 14.3 Å². The molecular formula is C39H46N8O3. The number of H-pyrrole nitrogens is 1. The maximum Gasteiger partial charge on any atom is 0.319 e. The van der Waals surface area contributed by atoms with Crippen molar-refractivity contribution in [1.82, 2.24) is 30.0 Å². The maximum absolute atomic E-state index is 12.2. The summed E-state index contributed by atoms with van der Waals surface area (Å²) in [6.07, 6.45) is 9.86. The molecule has 0 atom stereocenters. The lowest BCUT2D eigenvalue weighted by atomic mass is 9.72. The lowest BCUT2D eigenvalue weighted by Gasteiger charge is -2.54. The van der Waals surface area contributed by atoms with Crippen LogP contribution in [-0.4, -0.2) is 94.4 Å². The van der Waals surface area contributed by atoms with E-state index in [4.69, 9.17) is 24.7 Å². The van der Waals surface area contributed by atoms with Crippen LogP contribution < -0.4 is 14.4 Å². The Morgan fingerprint density at radius 2 is 1.88 bits per heavy atom. The number of hydrogen-bond acceptors (Lipinski definition) is 9. The third-order valence-electron chi connectivity index (χ3n) is 11.3. The molecule has 1 aliphatic carbocycles. The zero-order chi connectivity index (χ0) is 34.4. The van der Waals surface area contributed by atoms with Gasteiger partial charge in [-0.05, 0) is 93.2 Å². The van der Waals surface area contributed by atoms with Gasteiger partial charge in [0.25, 0.3) is 0 Å². The molecule has 2 aromatic heterocycles. The van der Waals surface area contributed by atoms with Gasteiger partial charge in [0, 0.05) is 74.0 Å². The molecule has 11 nitrogen and oxygen atoms in total. The molecule has 4 aliphatic rings. The summed E-state index contributed by atoms with van der Waals surface area (Å²) in [7, 11) is 0. The zero-order valence-electron chi connectivity index (χ0n) is 29.2. The predicted molar refractivity (Wildman–Crippen MR) is 193 cm³/mol. The molecule has 3 saturated heterocycles. The first kappa shape index (κ1) is 32.5. The number of benzene rings is 2. The van der Waals surface area contributed by atoms with Crippen LogP contribution in [0.25, 0.3) is 32.9 Å². The first-order valence-electron chi connectivity index (χ1n) is 18.3. The normalized spacial score (nSPS) is 19.5. The van der Waals surface area contributed by atoms with E-state index >= 15 is 0 Å². The first-order valence-corrected chi connectivity index (χ1v) is 18.3. The zero-order valence-corrected chi connectivity index (χ0v) is 29.2. The van der Waals surface area contributed by atoms with Crippen LogP contribution in [0.1, 0.15) is 68.9 Å². The molecule has 1 N–H and O–H groups in total. The molecule has 11 heteroatoms. The molecule has 3 aliphatic heterocycles. The standard InChI is InChI=1S/C39H46N8O3/c1-4-32(48)47-23-39(24-47)13-19-46(20-14-39)37-29-21-28(26-8-9-26)34(33-25(3)7-10-31-30(33)22-41-44-31)36(49-5-2)35(29)42-38(43-37)50-27-11-17-45(18-12-27)16-6-15-40/h4,7,10,21-22,26-27H,1,5-6,8-9,11-14,16-20,23-24H2,2-3H3,(H,41,44). The van der Waals surface area contributed by atoms with E-state index in [1.165, 1.54) is 17.2 Å². The van der Waals surface area contributed by atoms with Crippen molar-refractivity contribution in [2.45, 2.75) is 70.8 Å². The number of fused-ring (bicyclic) bond motifs is 2. The summed E-state index contributed by atoms with van der Waals surface area (Å²) in [6.45, 7) is 14.2. The molecule has 1 saturated carbocycles. The summed E-state index contributed by atoms with van der Waals surface area (Å²) >= 11 is 0. The minimum absolute atomic E-state index is 0.00529. The Kier molecular flexibility index (Phi) is 8.59. The highest BCUT2D eigenvalue weighted by Crippen LogP contribution is 2.53. The van der Waals surface area contributed by atoms with E-state index in [1.807, 2.05) is 18.0 Å². The van der Waals surface area contributed by atoms with E-state index < -0.39 is 0 Å². The van der Waals surface area contributed by atoms with Gasteiger partial charge in [0.2, 0.25) is 5.91 Å². The van der Waals surface area contributed by atoms with E-state index in [9.17, 15) is 4.79 Å². The molecule has 1 amide bonds. The molecule has 2 aromatic carbocycles. The number of carbonyl (C=O) groups is 1. The number of aromatic amines is 1. The molecule has 8 rings (SSSR count). The van der Waals surface area contributed by atoms with E-state index in [-0.39, 0.29) is 17.4 Å². The fourth-order valence-corrected chi connectivity index (χ4v) is 8.40. The Hall–Kier alpha value is -4.69. The van der Waals surface area contributed by atoms with Gasteiger partial charge >= 0.3 is 6.01 Å². The van der Waals surface area contributed by atoms with Crippen LogP contribution in [0.15, 0.2) is 37.1 Å². The van der Waals surface area contributed by atoms with Crippen molar-refractivity contribution >= 4 is 33.5 Å². The highest BCUT2D eigenvalue weighted by molar-refractivity contribution is 6.06. The third-order valence-corrected chi connectivity index (χ3v) is 11.3. The summed E-state index contributed by atoms with van der Waals surface area (Å²) in [5.74, 6) is 2.15. The molecule has 50 heavy (non-hydrogen) atoms. The van der Waals surface area contributed by atoms with Crippen molar-refractivity contribution in [3.05, 3.63) is 48.2 Å². The van der Waals surface area contributed by atoms with Gasteiger partial charge in [0.1, 0.15) is 17.4 Å². The smallest absolute Gasteiger partial charge is 0.319 e. The van der Waals surface area contributed by atoms with Crippen LogP contribution in [0.3, 0.4) is 0 Å². The van der Waals surface area contributed by atoms with E-state index in [0.717, 1.165) is 129 Å². The number of aromatic nitrogens is 4. The first-order chi connectivity index (χ1) is 24.4. The minimum Gasteiger partial charge on any atom is -0.491 e. The molecule has 5 heterocycles. The van der Waals surface area contributed by atoms with Crippen molar-refractivity contribution in [2.24, 2.45) is 5.41 Å². The molecule has 0 radical (unpaired) electrons. The Labute approximate surface area is 293 Å². The minimum atomic E-state index is -0.00529. The van der Waals surface area contributed by atoms with Gasteiger partial charge in [-0.3, -0.25) is 9.89 Å². The van der Waals surface area contributed by atoms with Crippen LogP contribution in [0, 0.1) is 23.7 Å². The number of anilines is 1. The van der Waals surface area contributed by atoms with Crippen LogP contribution in [0.2, 0.25) is 0 Å². The number of rotatable bonds is 10. The fraction of sp³-hybridized carbons (Fsp3) is 0.513. The Balaban J connectivity index is 1.22. The monoisotopic (exact) mass is 674 g/mol. The quantitative estimate of drug-likeness (QED) is 0.198. The maximum atomic E-state index is 12.2. The molecule has 0 unspecified atom stereocenters.